The number of rotatable bonds is 5. The smallest absolute Gasteiger partial charge is 0.196 e. The molecule has 0 saturated heterocycles. The number of hydrogen-bond donors (Lipinski definition) is 0. The van der Waals surface area contributed by atoms with Crippen molar-refractivity contribution in [2.24, 2.45) is 0 Å². The molecule has 0 fully saturated rings. The van der Waals surface area contributed by atoms with E-state index in [1.807, 2.05) is 41.8 Å². The number of ether oxygens (including phenoxy) is 1. The van der Waals surface area contributed by atoms with Crippen LogP contribution in [0.2, 0.25) is 0 Å². The van der Waals surface area contributed by atoms with Gasteiger partial charge in [-0.2, -0.15) is 0 Å². The van der Waals surface area contributed by atoms with Gasteiger partial charge in [-0.25, -0.2) is 4.39 Å². The Kier molecular flexibility index (Phi) is 4.62. The first-order chi connectivity index (χ1) is 11.2. The van der Waals surface area contributed by atoms with E-state index in [9.17, 15) is 4.39 Å². The van der Waals surface area contributed by atoms with Crippen LogP contribution in [-0.4, -0.2) is 21.9 Å². The third-order valence-corrected chi connectivity index (χ3v) is 4.38. The van der Waals surface area contributed by atoms with Crippen molar-refractivity contribution >= 4 is 11.8 Å². The van der Waals surface area contributed by atoms with Crippen LogP contribution in [0.1, 0.15) is 11.4 Å². The zero-order chi connectivity index (χ0) is 16.2. The van der Waals surface area contributed by atoms with Crippen molar-refractivity contribution in [2.75, 3.05) is 7.11 Å². The maximum atomic E-state index is 13.3. The highest BCUT2D eigenvalue weighted by Crippen LogP contribution is 2.26. The molecule has 0 saturated carbocycles. The molecule has 0 bridgehead atoms. The van der Waals surface area contributed by atoms with Gasteiger partial charge >= 0.3 is 0 Å². The molecule has 6 heteroatoms. The minimum Gasteiger partial charge on any atom is -0.497 e. The van der Waals surface area contributed by atoms with Gasteiger partial charge in [-0.1, -0.05) is 23.9 Å². The molecule has 0 atom stereocenters. The highest BCUT2D eigenvalue weighted by Gasteiger charge is 2.12. The fourth-order valence-electron chi connectivity index (χ4n) is 2.24. The first-order valence-corrected chi connectivity index (χ1v) is 8.09. The standard InChI is InChI=1S/C17H16FN3OS/c1-12-19-20-17(23-11-13-4-3-5-14(18)10-13)21(12)15-6-8-16(22-2)9-7-15/h3-10H,11H2,1-2H3. The molecular weight excluding hydrogens is 313 g/mol. The normalized spacial score (nSPS) is 10.7. The number of halogens is 1. The van der Waals surface area contributed by atoms with Crippen LogP contribution in [0.5, 0.6) is 5.75 Å². The predicted octanol–water partition coefficient (Wildman–Crippen LogP) is 4.02. The Labute approximate surface area is 138 Å². The Morgan fingerprint density at radius 2 is 1.91 bits per heavy atom. The van der Waals surface area contributed by atoms with E-state index in [4.69, 9.17) is 4.74 Å². The Morgan fingerprint density at radius 3 is 2.61 bits per heavy atom. The zero-order valence-electron chi connectivity index (χ0n) is 12.9. The summed E-state index contributed by atoms with van der Waals surface area (Å²) < 4.78 is 20.4. The van der Waals surface area contributed by atoms with E-state index < -0.39 is 0 Å². The second-order valence-electron chi connectivity index (χ2n) is 4.98. The molecular formula is C17H16FN3OS. The Hall–Kier alpha value is -2.34. The Bertz CT molecular complexity index is 802. The molecule has 0 unspecified atom stereocenters. The minimum atomic E-state index is -0.226. The van der Waals surface area contributed by atoms with E-state index in [0.29, 0.717) is 5.75 Å². The fraction of sp³-hybridized carbons (Fsp3) is 0.176. The molecule has 0 radical (unpaired) electrons. The number of aromatic nitrogens is 3. The largest absolute Gasteiger partial charge is 0.497 e. The zero-order valence-corrected chi connectivity index (χ0v) is 13.7. The lowest BCUT2D eigenvalue weighted by Gasteiger charge is -2.09. The van der Waals surface area contributed by atoms with E-state index in [-0.39, 0.29) is 5.82 Å². The van der Waals surface area contributed by atoms with Crippen LogP contribution in [0.25, 0.3) is 5.69 Å². The minimum absolute atomic E-state index is 0.226. The van der Waals surface area contributed by atoms with E-state index >= 15 is 0 Å². The van der Waals surface area contributed by atoms with Gasteiger partial charge in [-0.05, 0) is 48.9 Å². The molecule has 0 amide bonds. The van der Waals surface area contributed by atoms with Crippen molar-refractivity contribution in [3.8, 4) is 11.4 Å². The number of methoxy groups -OCH3 is 1. The lowest BCUT2D eigenvalue weighted by Crippen LogP contribution is -1.99. The van der Waals surface area contributed by atoms with Gasteiger partial charge < -0.3 is 4.74 Å². The van der Waals surface area contributed by atoms with E-state index in [1.165, 1.54) is 23.9 Å². The van der Waals surface area contributed by atoms with Gasteiger partial charge in [0.05, 0.1) is 7.11 Å². The van der Waals surface area contributed by atoms with Gasteiger partial charge in [0.15, 0.2) is 5.16 Å². The molecule has 1 heterocycles. The highest BCUT2D eigenvalue weighted by atomic mass is 32.2. The van der Waals surface area contributed by atoms with Crippen LogP contribution in [-0.2, 0) is 5.75 Å². The Morgan fingerprint density at radius 1 is 1.13 bits per heavy atom. The third kappa shape index (κ3) is 3.53. The summed E-state index contributed by atoms with van der Waals surface area (Å²) in [5.74, 6) is 2.01. The van der Waals surface area contributed by atoms with Gasteiger partial charge in [0.1, 0.15) is 17.4 Å². The number of hydrogen-bond acceptors (Lipinski definition) is 4. The molecule has 23 heavy (non-hydrogen) atoms. The summed E-state index contributed by atoms with van der Waals surface area (Å²) in [7, 11) is 1.64. The molecule has 3 aromatic rings. The van der Waals surface area contributed by atoms with Crippen LogP contribution in [0.3, 0.4) is 0 Å². The third-order valence-electron chi connectivity index (χ3n) is 3.38. The second-order valence-corrected chi connectivity index (χ2v) is 5.92. The van der Waals surface area contributed by atoms with Gasteiger partial charge in [0.25, 0.3) is 0 Å². The second kappa shape index (κ2) is 6.83. The van der Waals surface area contributed by atoms with E-state index in [1.54, 1.807) is 13.2 Å². The summed E-state index contributed by atoms with van der Waals surface area (Å²) >= 11 is 1.53. The lowest BCUT2D eigenvalue weighted by atomic mass is 10.2. The molecule has 1 aromatic heterocycles. The number of aryl methyl sites for hydroxylation is 1. The molecule has 0 spiro atoms. The van der Waals surface area contributed by atoms with Gasteiger partial charge in [0.2, 0.25) is 0 Å². The SMILES string of the molecule is COc1ccc(-n2c(C)nnc2SCc2cccc(F)c2)cc1. The van der Waals surface area contributed by atoms with Crippen LogP contribution < -0.4 is 4.74 Å². The van der Waals surface area contributed by atoms with E-state index in [0.717, 1.165) is 28.0 Å². The van der Waals surface area contributed by atoms with Crippen LogP contribution in [0.4, 0.5) is 4.39 Å². The van der Waals surface area contributed by atoms with Crippen LogP contribution in [0, 0.1) is 12.7 Å². The fourth-order valence-corrected chi connectivity index (χ4v) is 3.18. The molecule has 0 aliphatic rings. The molecule has 0 N–H and O–H groups in total. The predicted molar refractivity (Wildman–Crippen MR) is 88.6 cm³/mol. The van der Waals surface area contributed by atoms with Crippen LogP contribution in [0.15, 0.2) is 53.7 Å². The van der Waals surface area contributed by atoms with E-state index in [2.05, 4.69) is 10.2 Å². The summed E-state index contributed by atoms with van der Waals surface area (Å²) in [4.78, 5) is 0. The monoisotopic (exact) mass is 329 g/mol. The maximum Gasteiger partial charge on any atom is 0.196 e. The lowest BCUT2D eigenvalue weighted by molar-refractivity contribution is 0.414. The molecule has 3 rings (SSSR count). The topological polar surface area (TPSA) is 39.9 Å². The van der Waals surface area contributed by atoms with Crippen molar-refractivity contribution in [3.63, 3.8) is 0 Å². The Balaban J connectivity index is 1.83. The number of nitrogens with zero attached hydrogens (tertiary/aromatic N) is 3. The summed E-state index contributed by atoms with van der Waals surface area (Å²) in [6.45, 7) is 1.91. The first-order valence-electron chi connectivity index (χ1n) is 7.11. The average Bonchev–Trinajstić information content (AvgIpc) is 2.94. The van der Waals surface area contributed by atoms with Gasteiger partial charge in [-0.3, -0.25) is 4.57 Å². The number of benzene rings is 2. The van der Waals surface area contributed by atoms with Crippen molar-refractivity contribution in [2.45, 2.75) is 17.8 Å². The molecule has 2 aromatic carbocycles. The highest BCUT2D eigenvalue weighted by molar-refractivity contribution is 7.98. The average molecular weight is 329 g/mol. The van der Waals surface area contributed by atoms with Crippen molar-refractivity contribution < 1.29 is 9.13 Å². The van der Waals surface area contributed by atoms with Gasteiger partial charge in [0, 0.05) is 11.4 Å². The van der Waals surface area contributed by atoms with Crippen molar-refractivity contribution in [1.29, 1.82) is 0 Å². The number of thioether (sulfide) groups is 1. The summed E-state index contributed by atoms with van der Waals surface area (Å²) in [5, 5.41) is 9.15. The summed E-state index contributed by atoms with van der Waals surface area (Å²) in [5.41, 5.74) is 1.88. The molecule has 0 aliphatic heterocycles. The van der Waals surface area contributed by atoms with Crippen molar-refractivity contribution in [3.05, 3.63) is 65.7 Å². The maximum absolute atomic E-state index is 13.3. The van der Waals surface area contributed by atoms with Crippen LogP contribution >= 0.6 is 11.8 Å². The molecule has 4 nitrogen and oxygen atoms in total. The quantitative estimate of drug-likeness (QED) is 0.663. The molecule has 0 aliphatic carbocycles. The van der Waals surface area contributed by atoms with Gasteiger partial charge in [-0.15, -0.1) is 10.2 Å². The summed E-state index contributed by atoms with van der Waals surface area (Å²) in [6, 6.07) is 14.3. The van der Waals surface area contributed by atoms with Crippen molar-refractivity contribution in [1.82, 2.24) is 14.8 Å². The summed E-state index contributed by atoms with van der Waals surface area (Å²) in [6.07, 6.45) is 0. The molecule has 118 valence electrons. The first kappa shape index (κ1) is 15.6.